The van der Waals surface area contributed by atoms with Gasteiger partial charge >= 0.3 is 0 Å². The van der Waals surface area contributed by atoms with Crippen molar-refractivity contribution in [3.05, 3.63) is 0 Å². The Morgan fingerprint density at radius 1 is 1.58 bits per heavy atom. The van der Waals surface area contributed by atoms with Crippen molar-refractivity contribution in [3.8, 4) is 0 Å². The highest BCUT2D eigenvalue weighted by Gasteiger charge is 2.23. The minimum Gasteiger partial charge on any atom is -0.283 e. The Morgan fingerprint density at radius 2 is 2.25 bits per heavy atom. The number of carbonyl (C=O) groups is 2. The van der Waals surface area contributed by atoms with E-state index in [0.717, 1.165) is 12.8 Å². The summed E-state index contributed by atoms with van der Waals surface area (Å²) in [5, 5.41) is 0. The van der Waals surface area contributed by atoms with E-state index in [0.29, 0.717) is 18.9 Å². The maximum absolute atomic E-state index is 11.4. The molecule has 1 saturated heterocycles. The van der Waals surface area contributed by atoms with Crippen molar-refractivity contribution in [1.82, 2.24) is 4.90 Å². The minimum atomic E-state index is -0.117. The van der Waals surface area contributed by atoms with Crippen LogP contribution in [0.3, 0.4) is 0 Å². The zero-order valence-corrected chi connectivity index (χ0v) is 7.67. The summed E-state index contributed by atoms with van der Waals surface area (Å²) in [6.07, 6.45) is 2.53. The van der Waals surface area contributed by atoms with Crippen molar-refractivity contribution in [2.75, 3.05) is 6.54 Å². The van der Waals surface area contributed by atoms with Crippen LogP contribution in [0, 0.1) is 5.92 Å². The van der Waals surface area contributed by atoms with Gasteiger partial charge in [0, 0.05) is 19.9 Å². The smallest absolute Gasteiger partial charge is 0.229 e. The Balaban J connectivity index is 2.64. The van der Waals surface area contributed by atoms with Crippen molar-refractivity contribution in [2.45, 2.75) is 33.1 Å². The predicted molar refractivity (Wildman–Crippen MR) is 45.4 cm³/mol. The molecule has 0 unspecified atom stereocenters. The van der Waals surface area contributed by atoms with Gasteiger partial charge in [-0.1, -0.05) is 6.92 Å². The molecule has 3 nitrogen and oxygen atoms in total. The standard InChI is InChI=1S/C9H15NO2/c1-7-4-3-5-10(8(2)11)9(12)6-7/h7H,3-6H2,1-2H3/t7-/m1/s1. The van der Waals surface area contributed by atoms with Crippen molar-refractivity contribution in [3.63, 3.8) is 0 Å². The van der Waals surface area contributed by atoms with Gasteiger partial charge in [-0.15, -0.1) is 0 Å². The molecule has 68 valence electrons. The second kappa shape index (κ2) is 3.70. The van der Waals surface area contributed by atoms with Gasteiger partial charge in [0.25, 0.3) is 0 Å². The molecule has 1 fully saturated rings. The number of hydrogen-bond donors (Lipinski definition) is 0. The average molecular weight is 169 g/mol. The summed E-state index contributed by atoms with van der Waals surface area (Å²) in [7, 11) is 0. The molecular weight excluding hydrogens is 154 g/mol. The highest BCUT2D eigenvalue weighted by Crippen LogP contribution is 2.17. The number of hydrogen-bond acceptors (Lipinski definition) is 2. The van der Waals surface area contributed by atoms with Crippen molar-refractivity contribution >= 4 is 11.8 Å². The molecule has 3 heteroatoms. The van der Waals surface area contributed by atoms with Gasteiger partial charge in [-0.25, -0.2) is 0 Å². The molecule has 0 aromatic carbocycles. The van der Waals surface area contributed by atoms with Gasteiger partial charge in [0.1, 0.15) is 0 Å². The molecule has 0 spiro atoms. The lowest BCUT2D eigenvalue weighted by Gasteiger charge is -2.15. The Hall–Kier alpha value is -0.860. The Kier molecular flexibility index (Phi) is 2.84. The van der Waals surface area contributed by atoms with E-state index in [-0.39, 0.29) is 11.8 Å². The lowest BCUT2D eigenvalue weighted by Crippen LogP contribution is -2.34. The first-order chi connectivity index (χ1) is 5.61. The lowest BCUT2D eigenvalue weighted by atomic mass is 10.0. The number of likely N-dealkylation sites (tertiary alicyclic amines) is 1. The van der Waals surface area contributed by atoms with E-state index < -0.39 is 0 Å². The number of rotatable bonds is 0. The largest absolute Gasteiger partial charge is 0.283 e. The molecule has 0 saturated carbocycles. The molecule has 0 aromatic heterocycles. The Labute approximate surface area is 72.7 Å². The molecule has 1 atom stereocenters. The number of carbonyl (C=O) groups excluding carboxylic acids is 2. The van der Waals surface area contributed by atoms with Gasteiger partial charge in [0.15, 0.2) is 0 Å². The third kappa shape index (κ3) is 2.06. The van der Waals surface area contributed by atoms with Crippen LogP contribution in [0.25, 0.3) is 0 Å². The van der Waals surface area contributed by atoms with E-state index >= 15 is 0 Å². The van der Waals surface area contributed by atoms with Crippen molar-refractivity contribution in [1.29, 1.82) is 0 Å². The minimum absolute atomic E-state index is 0.00694. The van der Waals surface area contributed by atoms with Gasteiger partial charge in [0.2, 0.25) is 11.8 Å². The highest BCUT2D eigenvalue weighted by molar-refractivity contribution is 5.94. The van der Waals surface area contributed by atoms with Crippen LogP contribution in [0.2, 0.25) is 0 Å². The van der Waals surface area contributed by atoms with E-state index in [2.05, 4.69) is 6.92 Å². The average Bonchev–Trinajstić information content (AvgIpc) is 2.10. The Morgan fingerprint density at radius 3 is 2.83 bits per heavy atom. The van der Waals surface area contributed by atoms with Crippen LogP contribution in [0.15, 0.2) is 0 Å². The fourth-order valence-corrected chi connectivity index (χ4v) is 1.57. The quantitative estimate of drug-likeness (QED) is 0.546. The molecular formula is C9H15NO2. The fraction of sp³-hybridized carbons (Fsp3) is 0.778. The maximum atomic E-state index is 11.4. The van der Waals surface area contributed by atoms with E-state index in [9.17, 15) is 9.59 Å². The van der Waals surface area contributed by atoms with Crippen molar-refractivity contribution < 1.29 is 9.59 Å². The van der Waals surface area contributed by atoms with Gasteiger partial charge in [-0.3, -0.25) is 14.5 Å². The van der Waals surface area contributed by atoms with Crippen LogP contribution in [-0.2, 0) is 9.59 Å². The topological polar surface area (TPSA) is 37.4 Å². The molecule has 1 heterocycles. The predicted octanol–water partition coefficient (Wildman–Crippen LogP) is 1.18. The van der Waals surface area contributed by atoms with Crippen molar-refractivity contribution in [2.24, 2.45) is 5.92 Å². The van der Waals surface area contributed by atoms with E-state index in [4.69, 9.17) is 0 Å². The summed E-state index contributed by atoms with van der Waals surface area (Å²) in [5.74, 6) is 0.309. The maximum Gasteiger partial charge on any atom is 0.229 e. The highest BCUT2D eigenvalue weighted by atomic mass is 16.2. The zero-order valence-electron chi connectivity index (χ0n) is 7.67. The molecule has 0 bridgehead atoms. The molecule has 1 rings (SSSR count). The first kappa shape index (κ1) is 9.23. The molecule has 12 heavy (non-hydrogen) atoms. The summed E-state index contributed by atoms with van der Waals surface area (Å²) in [5.41, 5.74) is 0. The third-order valence-electron chi connectivity index (χ3n) is 2.28. The summed E-state index contributed by atoms with van der Waals surface area (Å²) in [4.78, 5) is 23.7. The van der Waals surface area contributed by atoms with Crippen LogP contribution in [0.1, 0.15) is 33.1 Å². The zero-order chi connectivity index (χ0) is 9.14. The molecule has 0 aromatic rings. The lowest BCUT2D eigenvalue weighted by molar-refractivity contribution is -0.143. The number of imide groups is 1. The second-order valence-electron chi connectivity index (χ2n) is 3.52. The molecule has 1 aliphatic heterocycles. The summed E-state index contributed by atoms with van der Waals surface area (Å²) >= 11 is 0. The van der Waals surface area contributed by atoms with Crippen LogP contribution in [0.4, 0.5) is 0 Å². The summed E-state index contributed by atoms with van der Waals surface area (Å²) in [6, 6.07) is 0. The summed E-state index contributed by atoms with van der Waals surface area (Å²) < 4.78 is 0. The molecule has 0 aliphatic carbocycles. The molecule has 0 N–H and O–H groups in total. The monoisotopic (exact) mass is 169 g/mol. The first-order valence-corrected chi connectivity index (χ1v) is 4.42. The second-order valence-corrected chi connectivity index (χ2v) is 3.52. The number of amides is 2. The molecule has 0 radical (unpaired) electrons. The summed E-state index contributed by atoms with van der Waals surface area (Å²) in [6.45, 7) is 4.12. The van der Waals surface area contributed by atoms with E-state index in [1.54, 1.807) is 0 Å². The molecule has 1 aliphatic rings. The SMILES string of the molecule is CC(=O)N1CCC[C@@H](C)CC1=O. The van der Waals surface area contributed by atoms with E-state index in [1.165, 1.54) is 11.8 Å². The van der Waals surface area contributed by atoms with Crippen LogP contribution in [-0.4, -0.2) is 23.3 Å². The van der Waals surface area contributed by atoms with Gasteiger partial charge in [-0.05, 0) is 18.8 Å². The van der Waals surface area contributed by atoms with Crippen LogP contribution < -0.4 is 0 Å². The molecule has 2 amide bonds. The fourth-order valence-electron chi connectivity index (χ4n) is 1.57. The first-order valence-electron chi connectivity index (χ1n) is 4.42. The third-order valence-corrected chi connectivity index (χ3v) is 2.28. The number of nitrogens with zero attached hydrogens (tertiary/aromatic N) is 1. The van der Waals surface area contributed by atoms with Gasteiger partial charge in [-0.2, -0.15) is 0 Å². The Bertz CT molecular complexity index is 201. The van der Waals surface area contributed by atoms with Gasteiger partial charge < -0.3 is 0 Å². The van der Waals surface area contributed by atoms with Crippen LogP contribution >= 0.6 is 0 Å². The van der Waals surface area contributed by atoms with E-state index in [1.807, 2.05) is 0 Å². The van der Waals surface area contributed by atoms with Crippen LogP contribution in [0.5, 0.6) is 0 Å². The normalized spacial score (nSPS) is 25.3. The van der Waals surface area contributed by atoms with Gasteiger partial charge in [0.05, 0.1) is 0 Å².